The number of amides is 1. The predicted octanol–water partition coefficient (Wildman–Crippen LogP) is 5.61. The summed E-state index contributed by atoms with van der Waals surface area (Å²) in [7, 11) is 0. The molecule has 0 spiro atoms. The van der Waals surface area contributed by atoms with Crippen LogP contribution in [0.2, 0.25) is 0 Å². The summed E-state index contributed by atoms with van der Waals surface area (Å²) in [6, 6.07) is 13.7. The Balaban J connectivity index is 1.49. The molecule has 0 fully saturated rings. The lowest BCUT2D eigenvalue weighted by atomic mass is 9.88. The molecular weight excluding hydrogens is 410 g/mol. The smallest absolute Gasteiger partial charge is 0.341 e. The molecule has 1 N–H and O–H groups in total. The maximum atomic E-state index is 12.8. The third kappa shape index (κ3) is 4.90. The summed E-state index contributed by atoms with van der Waals surface area (Å²) >= 11 is 1.48. The lowest BCUT2D eigenvalue weighted by Gasteiger charge is -2.18. The Labute approximate surface area is 186 Å². The van der Waals surface area contributed by atoms with Crippen LogP contribution in [0.1, 0.15) is 48.0 Å². The number of nitrogens with one attached hydrogen (secondary N) is 1. The van der Waals surface area contributed by atoms with Crippen molar-refractivity contribution in [3.8, 4) is 5.75 Å². The van der Waals surface area contributed by atoms with E-state index in [0.717, 1.165) is 35.6 Å². The van der Waals surface area contributed by atoms with E-state index in [1.807, 2.05) is 56.3 Å². The molecule has 1 aromatic heterocycles. The summed E-state index contributed by atoms with van der Waals surface area (Å²) < 4.78 is 11.2. The predicted molar refractivity (Wildman–Crippen MR) is 124 cm³/mol. The normalized spacial score (nSPS) is 15.5. The third-order valence-corrected chi connectivity index (χ3v) is 6.57. The van der Waals surface area contributed by atoms with E-state index in [2.05, 4.69) is 12.2 Å². The fourth-order valence-electron chi connectivity index (χ4n) is 3.90. The van der Waals surface area contributed by atoms with E-state index in [-0.39, 0.29) is 24.6 Å². The Morgan fingerprint density at radius 2 is 1.94 bits per heavy atom. The minimum Gasteiger partial charge on any atom is -0.484 e. The molecule has 6 heteroatoms. The van der Waals surface area contributed by atoms with E-state index in [9.17, 15) is 9.59 Å². The highest BCUT2D eigenvalue weighted by molar-refractivity contribution is 7.17. The molecule has 1 atom stereocenters. The van der Waals surface area contributed by atoms with Gasteiger partial charge in [-0.1, -0.05) is 37.3 Å². The Hall–Kier alpha value is -2.86. The molecule has 5 nitrogen and oxygen atoms in total. The second kappa shape index (κ2) is 9.10. The van der Waals surface area contributed by atoms with Gasteiger partial charge in [-0.3, -0.25) is 4.79 Å². The molecular formula is C25H27NO4S. The molecule has 3 aromatic rings. The van der Waals surface area contributed by atoms with Gasteiger partial charge in [-0.2, -0.15) is 0 Å². The molecule has 1 aliphatic rings. The van der Waals surface area contributed by atoms with Crippen LogP contribution in [-0.4, -0.2) is 24.6 Å². The van der Waals surface area contributed by atoms with E-state index in [4.69, 9.17) is 9.47 Å². The quantitative estimate of drug-likeness (QED) is 0.509. The van der Waals surface area contributed by atoms with Gasteiger partial charge in [0, 0.05) is 4.88 Å². The molecule has 2 aromatic carbocycles. The number of carbonyl (C=O) groups excluding carboxylic acids is 2. The molecule has 4 rings (SSSR count). The Morgan fingerprint density at radius 3 is 2.71 bits per heavy atom. The summed E-state index contributed by atoms with van der Waals surface area (Å²) in [4.78, 5) is 26.6. The SMILES string of the molecule is CC(C)OC(=O)c1c(NC(=O)COc2ccc3ccccc3c2)sc2c1CC[C@H](C)C2. The minimum atomic E-state index is -0.368. The van der Waals surface area contributed by atoms with Gasteiger partial charge in [0.25, 0.3) is 5.91 Å². The Bertz CT molecular complexity index is 1120. The van der Waals surface area contributed by atoms with Gasteiger partial charge in [0.2, 0.25) is 0 Å². The maximum Gasteiger partial charge on any atom is 0.341 e. The summed E-state index contributed by atoms with van der Waals surface area (Å²) in [6.45, 7) is 5.74. The summed E-state index contributed by atoms with van der Waals surface area (Å²) in [5.74, 6) is 0.540. The molecule has 0 aliphatic heterocycles. The molecule has 0 radical (unpaired) electrons. The fraction of sp³-hybridized carbons (Fsp3) is 0.360. The highest BCUT2D eigenvalue weighted by Gasteiger charge is 2.29. The van der Waals surface area contributed by atoms with E-state index in [1.54, 1.807) is 0 Å². The van der Waals surface area contributed by atoms with Crippen molar-refractivity contribution in [3.63, 3.8) is 0 Å². The van der Waals surface area contributed by atoms with Gasteiger partial charge in [0.15, 0.2) is 6.61 Å². The summed E-state index contributed by atoms with van der Waals surface area (Å²) in [5.41, 5.74) is 1.54. The number of hydrogen-bond donors (Lipinski definition) is 1. The minimum absolute atomic E-state index is 0.129. The number of carbonyl (C=O) groups is 2. The topological polar surface area (TPSA) is 64.6 Å². The highest BCUT2D eigenvalue weighted by atomic mass is 32.1. The van der Waals surface area contributed by atoms with Crippen LogP contribution >= 0.6 is 11.3 Å². The van der Waals surface area contributed by atoms with E-state index >= 15 is 0 Å². The van der Waals surface area contributed by atoms with E-state index in [0.29, 0.717) is 22.2 Å². The van der Waals surface area contributed by atoms with Gasteiger partial charge in [0.05, 0.1) is 11.7 Å². The number of rotatable bonds is 6. The number of thiophene rings is 1. The number of fused-ring (bicyclic) bond motifs is 2. The summed E-state index contributed by atoms with van der Waals surface area (Å²) in [6.07, 6.45) is 2.57. The van der Waals surface area contributed by atoms with Crippen molar-refractivity contribution >= 4 is 39.0 Å². The highest BCUT2D eigenvalue weighted by Crippen LogP contribution is 2.40. The molecule has 31 heavy (non-hydrogen) atoms. The van der Waals surface area contributed by atoms with Crippen molar-refractivity contribution in [1.29, 1.82) is 0 Å². The standard InChI is InChI=1S/C25H27NO4S/c1-15(2)30-25(28)23-20-11-8-16(3)12-21(20)31-24(23)26-22(27)14-29-19-10-9-17-6-4-5-7-18(17)13-19/h4-7,9-10,13,15-16H,8,11-12,14H2,1-3H3,(H,26,27)/t16-/m0/s1. The number of hydrogen-bond acceptors (Lipinski definition) is 5. The van der Waals surface area contributed by atoms with E-state index in [1.165, 1.54) is 16.2 Å². The number of esters is 1. The van der Waals surface area contributed by atoms with Crippen LogP contribution in [-0.2, 0) is 22.4 Å². The second-order valence-electron chi connectivity index (χ2n) is 8.36. The van der Waals surface area contributed by atoms with Crippen molar-refractivity contribution < 1.29 is 19.1 Å². The van der Waals surface area contributed by atoms with Crippen LogP contribution in [0.4, 0.5) is 5.00 Å². The molecule has 0 bridgehead atoms. The van der Waals surface area contributed by atoms with Crippen LogP contribution in [0.15, 0.2) is 42.5 Å². The molecule has 0 saturated carbocycles. The molecule has 0 saturated heterocycles. The van der Waals surface area contributed by atoms with Gasteiger partial charge in [0.1, 0.15) is 10.8 Å². The zero-order valence-corrected chi connectivity index (χ0v) is 18.9. The van der Waals surface area contributed by atoms with Crippen LogP contribution in [0, 0.1) is 5.92 Å². The number of anilines is 1. The second-order valence-corrected chi connectivity index (χ2v) is 9.46. The molecule has 1 heterocycles. The number of ether oxygens (including phenoxy) is 2. The average molecular weight is 438 g/mol. The first kappa shape index (κ1) is 21.4. The van der Waals surface area contributed by atoms with Crippen LogP contribution in [0.25, 0.3) is 10.8 Å². The lowest BCUT2D eigenvalue weighted by molar-refractivity contribution is -0.118. The van der Waals surface area contributed by atoms with Crippen molar-refractivity contribution in [1.82, 2.24) is 0 Å². The van der Waals surface area contributed by atoms with Crippen molar-refractivity contribution in [2.24, 2.45) is 5.92 Å². The van der Waals surface area contributed by atoms with Crippen LogP contribution in [0.5, 0.6) is 5.75 Å². The zero-order chi connectivity index (χ0) is 22.0. The van der Waals surface area contributed by atoms with Gasteiger partial charge < -0.3 is 14.8 Å². The Kier molecular flexibility index (Phi) is 6.28. The Morgan fingerprint density at radius 1 is 1.16 bits per heavy atom. The van der Waals surface area contributed by atoms with Crippen molar-refractivity contribution in [3.05, 3.63) is 58.5 Å². The molecule has 0 unspecified atom stereocenters. The van der Waals surface area contributed by atoms with Gasteiger partial charge in [-0.15, -0.1) is 11.3 Å². The lowest BCUT2D eigenvalue weighted by Crippen LogP contribution is -2.22. The van der Waals surface area contributed by atoms with Crippen LogP contribution < -0.4 is 10.1 Å². The van der Waals surface area contributed by atoms with Crippen molar-refractivity contribution in [2.75, 3.05) is 11.9 Å². The first-order valence-electron chi connectivity index (χ1n) is 10.7. The van der Waals surface area contributed by atoms with E-state index < -0.39 is 0 Å². The average Bonchev–Trinajstić information content (AvgIpc) is 3.08. The first-order valence-corrected chi connectivity index (χ1v) is 11.5. The molecule has 162 valence electrons. The van der Waals surface area contributed by atoms with Crippen molar-refractivity contribution in [2.45, 2.75) is 46.1 Å². The van der Waals surface area contributed by atoms with Gasteiger partial charge >= 0.3 is 5.97 Å². The summed E-state index contributed by atoms with van der Waals surface area (Å²) in [5, 5.41) is 5.64. The largest absolute Gasteiger partial charge is 0.484 e. The fourth-order valence-corrected chi connectivity index (χ4v) is 5.31. The van der Waals surface area contributed by atoms with Crippen LogP contribution in [0.3, 0.4) is 0 Å². The van der Waals surface area contributed by atoms with Gasteiger partial charge in [-0.25, -0.2) is 4.79 Å². The number of benzene rings is 2. The first-order chi connectivity index (χ1) is 14.9. The van der Waals surface area contributed by atoms with Gasteiger partial charge in [-0.05, 0) is 67.5 Å². The third-order valence-electron chi connectivity index (χ3n) is 5.40. The maximum absolute atomic E-state index is 12.8. The molecule has 1 amide bonds. The molecule has 1 aliphatic carbocycles. The monoisotopic (exact) mass is 437 g/mol. The zero-order valence-electron chi connectivity index (χ0n) is 18.1.